The molecule has 0 saturated carbocycles. The Hall–Kier alpha value is -5.78. The van der Waals surface area contributed by atoms with Gasteiger partial charge in [-0.3, -0.25) is 38.4 Å². The molecule has 480 valence electrons. The van der Waals surface area contributed by atoms with E-state index in [0.717, 1.165) is 55.4 Å². The Morgan fingerprint density at radius 2 is 0.765 bits per heavy atom. The number of hydrogen-bond donors (Lipinski definition) is 0. The van der Waals surface area contributed by atoms with Crippen LogP contribution in [0.5, 0.6) is 0 Å². The van der Waals surface area contributed by atoms with Gasteiger partial charge in [0.15, 0.2) is 49.2 Å². The van der Waals surface area contributed by atoms with Crippen molar-refractivity contribution >= 4 is 71.0 Å². The molecule has 0 bridgehead atoms. The Morgan fingerprint density at radius 3 is 1.11 bits per heavy atom. The third-order valence-corrected chi connectivity index (χ3v) is 11.9. The van der Waals surface area contributed by atoms with Gasteiger partial charge in [0.2, 0.25) is 0 Å². The highest BCUT2D eigenvalue weighted by molar-refractivity contribution is 6.18. The monoisotopic (exact) mass is 1260 g/mol. The van der Waals surface area contributed by atoms with Crippen molar-refractivity contribution in [1.29, 1.82) is 0 Å². The molecule has 85 heavy (non-hydrogen) atoms. The van der Waals surface area contributed by atoms with E-state index in [1.165, 1.54) is 9.36 Å². The number of esters is 8. The second-order valence-electron chi connectivity index (χ2n) is 19.0. The predicted octanol–water partition coefficient (Wildman–Crippen LogP) is 0.333. The Labute approximate surface area is 499 Å². The summed E-state index contributed by atoms with van der Waals surface area (Å²) in [5.41, 5.74) is -0.161. The van der Waals surface area contributed by atoms with Crippen LogP contribution in [0.4, 0.5) is 0 Å². The second kappa shape index (κ2) is 38.4. The van der Waals surface area contributed by atoms with E-state index < -0.39 is 128 Å². The number of rotatable bonds is 40. The van der Waals surface area contributed by atoms with Gasteiger partial charge in [0.05, 0.1) is 123 Å². The molecule has 0 spiro atoms. The number of carbonyl (C=O) groups is 8. The zero-order valence-corrected chi connectivity index (χ0v) is 50.1. The average molecular weight is 1260 g/mol. The van der Waals surface area contributed by atoms with Crippen molar-refractivity contribution < 1.29 is 124 Å². The third-order valence-electron chi connectivity index (χ3n) is 11.6. The van der Waals surface area contributed by atoms with Crippen LogP contribution in [-0.4, -0.2) is 243 Å². The van der Waals surface area contributed by atoms with Gasteiger partial charge in [-0.15, -0.1) is 33.4 Å². The number of alkyl halides is 2. The first kappa shape index (κ1) is 71.7. The number of nitrogens with zero attached hydrogens (tertiary/aromatic N) is 6. The normalized spacial score (nSPS) is 22.2. The molecule has 2 saturated heterocycles. The van der Waals surface area contributed by atoms with E-state index >= 15 is 0 Å². The van der Waals surface area contributed by atoms with Crippen LogP contribution in [-0.2, 0) is 150 Å². The SMILES string of the molecule is CC(=O)OC[C@H]1O[C@H](OCCn2cc(COCC(COCCOCCCl)(COCCOCCCl)COCc3cn(CCO[C@H]4O[C@H](COC(C)=O)[C@@H](OC(C)=O)[C@H](OC(C)=O)[C@@H]4OC(C)=O)nn3)nn2)[C@@H](OC(C)=O)[C@@H](OC(C)=O)[C@@H]1OC(C)=O. The summed E-state index contributed by atoms with van der Waals surface area (Å²) in [6, 6.07) is 0. The molecule has 2 aliphatic heterocycles. The van der Waals surface area contributed by atoms with Crippen LogP contribution in [0.1, 0.15) is 66.8 Å². The summed E-state index contributed by atoms with van der Waals surface area (Å²) in [6.45, 7) is 9.56. The van der Waals surface area contributed by atoms with Crippen molar-refractivity contribution in [2.45, 2.75) is 143 Å². The summed E-state index contributed by atoms with van der Waals surface area (Å²) >= 11 is 11.6. The quantitative estimate of drug-likeness (QED) is 0.0375. The van der Waals surface area contributed by atoms with Gasteiger partial charge in [-0.05, 0) is 0 Å². The first-order valence-corrected chi connectivity index (χ1v) is 27.9. The third kappa shape index (κ3) is 26.8. The summed E-state index contributed by atoms with van der Waals surface area (Å²) < 4.78 is 106. The molecular formula is C51H76Cl2N6O26. The lowest BCUT2D eigenvalue weighted by Crippen LogP contribution is -2.63. The van der Waals surface area contributed by atoms with E-state index in [0.29, 0.717) is 36.4 Å². The fraction of sp³-hybridized carbons (Fsp3) is 0.765. The molecular weight excluding hydrogens is 1180 g/mol. The number of ether oxygens (including phenoxy) is 18. The van der Waals surface area contributed by atoms with Crippen LogP contribution < -0.4 is 0 Å². The molecule has 4 rings (SSSR count). The molecule has 0 amide bonds. The fourth-order valence-electron chi connectivity index (χ4n) is 8.32. The van der Waals surface area contributed by atoms with Crippen LogP contribution in [0, 0.1) is 5.41 Å². The van der Waals surface area contributed by atoms with Gasteiger partial charge >= 0.3 is 47.8 Å². The molecule has 4 heterocycles. The number of aromatic nitrogens is 6. The lowest BCUT2D eigenvalue weighted by Gasteiger charge is -2.44. The Morgan fingerprint density at radius 1 is 0.435 bits per heavy atom. The minimum absolute atomic E-state index is 0.000221. The van der Waals surface area contributed by atoms with Gasteiger partial charge < -0.3 is 85.3 Å². The largest absolute Gasteiger partial charge is 0.463 e. The second-order valence-corrected chi connectivity index (χ2v) is 19.8. The van der Waals surface area contributed by atoms with Gasteiger partial charge in [-0.25, -0.2) is 9.36 Å². The first-order valence-electron chi connectivity index (χ1n) is 26.8. The summed E-state index contributed by atoms with van der Waals surface area (Å²) in [7, 11) is 0. The highest BCUT2D eigenvalue weighted by atomic mass is 35.5. The molecule has 2 aromatic rings. The number of carbonyl (C=O) groups excluding carboxylic acids is 8. The van der Waals surface area contributed by atoms with Crippen molar-refractivity contribution in [3.8, 4) is 0 Å². The van der Waals surface area contributed by atoms with Gasteiger partial charge in [0.1, 0.15) is 36.8 Å². The number of hydrogen-bond acceptors (Lipinski definition) is 30. The van der Waals surface area contributed by atoms with E-state index in [9.17, 15) is 38.4 Å². The summed E-state index contributed by atoms with van der Waals surface area (Å²) in [4.78, 5) is 96.8. The Bertz CT molecular complexity index is 2240. The van der Waals surface area contributed by atoms with Gasteiger partial charge in [-0.1, -0.05) is 10.4 Å². The predicted molar refractivity (Wildman–Crippen MR) is 282 cm³/mol. The lowest BCUT2D eigenvalue weighted by atomic mass is 9.92. The molecule has 32 nitrogen and oxygen atoms in total. The minimum atomic E-state index is -1.42. The van der Waals surface area contributed by atoms with Gasteiger partial charge in [0.25, 0.3) is 0 Å². The van der Waals surface area contributed by atoms with E-state index in [1.807, 2.05) is 0 Å². The fourth-order valence-corrected chi connectivity index (χ4v) is 8.54. The van der Waals surface area contributed by atoms with Crippen molar-refractivity contribution in [2.24, 2.45) is 5.41 Å². The molecule has 0 N–H and O–H groups in total. The molecule has 2 aliphatic rings. The summed E-state index contributed by atoms with van der Waals surface area (Å²) in [5.74, 6) is -5.46. The first-order chi connectivity index (χ1) is 40.6. The Kier molecular flexibility index (Phi) is 32.4. The zero-order chi connectivity index (χ0) is 62.3. The summed E-state index contributed by atoms with van der Waals surface area (Å²) in [5, 5.41) is 16.8. The number of halogens is 2. The van der Waals surface area contributed by atoms with E-state index in [4.69, 9.17) is 108 Å². The molecule has 34 heteroatoms. The maximum absolute atomic E-state index is 12.3. The van der Waals surface area contributed by atoms with E-state index in [1.54, 1.807) is 12.4 Å². The molecule has 10 atom stereocenters. The summed E-state index contributed by atoms with van der Waals surface area (Å²) in [6.07, 6.45) is -10.4. The van der Waals surface area contributed by atoms with Crippen LogP contribution in [0.3, 0.4) is 0 Å². The van der Waals surface area contributed by atoms with Crippen LogP contribution in [0.25, 0.3) is 0 Å². The van der Waals surface area contributed by atoms with E-state index in [-0.39, 0.29) is 92.4 Å². The molecule has 2 aromatic heterocycles. The van der Waals surface area contributed by atoms with Gasteiger partial charge in [-0.2, -0.15) is 0 Å². The smallest absolute Gasteiger partial charge is 0.303 e. The molecule has 0 aliphatic carbocycles. The standard InChI is InChI=1S/C51H76Cl2N6O26/c1-31(60)76-25-41-43(78-33(3)62)45(80-35(5)64)47(82-37(7)66)49(84-41)74-15-11-58-21-39(54-56-58)23-72-29-51(27-70-19-17-68-13-9-52,28-71-20-18-69-14-10-53)30-73-24-40-22-59(57-55-40)12-16-75-50-48(83-38(8)67)46(81-36(6)65)44(79-34(4)63)42(85-50)26-77-32(2)61/h21-22,41-50H,9-20,23-30H2,1-8H3/t41-,42-,43-,44-,45+,46+,47+,48+,49+,50+/m1/s1. The lowest BCUT2D eigenvalue weighted by molar-refractivity contribution is -0.308. The van der Waals surface area contributed by atoms with Crippen LogP contribution >= 0.6 is 23.2 Å². The Balaban J connectivity index is 1.45. The van der Waals surface area contributed by atoms with Gasteiger partial charge in [0, 0.05) is 67.1 Å². The highest BCUT2D eigenvalue weighted by Crippen LogP contribution is 2.32. The molecule has 2 fully saturated rings. The van der Waals surface area contributed by atoms with Crippen LogP contribution in [0.2, 0.25) is 0 Å². The molecule has 0 radical (unpaired) electrons. The van der Waals surface area contributed by atoms with Crippen molar-refractivity contribution in [2.75, 3.05) is 104 Å². The minimum Gasteiger partial charge on any atom is -0.463 e. The maximum Gasteiger partial charge on any atom is 0.303 e. The maximum atomic E-state index is 12.3. The topological polar surface area (TPSA) is 364 Å². The van der Waals surface area contributed by atoms with Crippen molar-refractivity contribution in [3.63, 3.8) is 0 Å². The average Bonchev–Trinajstić information content (AvgIpc) is 3.77. The van der Waals surface area contributed by atoms with Crippen LogP contribution in [0.15, 0.2) is 12.4 Å². The highest BCUT2D eigenvalue weighted by Gasteiger charge is 2.54. The van der Waals surface area contributed by atoms with Crippen molar-refractivity contribution in [1.82, 2.24) is 30.0 Å². The zero-order valence-electron chi connectivity index (χ0n) is 48.6. The van der Waals surface area contributed by atoms with Crippen molar-refractivity contribution in [3.05, 3.63) is 23.8 Å². The molecule has 0 aromatic carbocycles. The molecule has 0 unspecified atom stereocenters. The van der Waals surface area contributed by atoms with E-state index in [2.05, 4.69) is 20.6 Å².